The molecule has 0 saturated carbocycles. The maximum atomic E-state index is 12.6. The fourth-order valence-corrected chi connectivity index (χ4v) is 3.69. The Morgan fingerprint density at radius 2 is 2.14 bits per heavy atom. The molecule has 0 amide bonds. The van der Waals surface area contributed by atoms with Crippen LogP contribution in [0.1, 0.15) is 47.0 Å². The minimum absolute atomic E-state index is 0.343. The van der Waals surface area contributed by atoms with Crippen LogP contribution >= 0.6 is 0 Å². The van der Waals surface area contributed by atoms with Gasteiger partial charge in [0.25, 0.3) is 5.60 Å². The number of unbranched alkanes of at least 4 members (excludes halogenated alkanes) is 1. The summed E-state index contributed by atoms with van der Waals surface area (Å²) in [4.78, 5) is 24.8. The van der Waals surface area contributed by atoms with Crippen LogP contribution in [0.5, 0.6) is 0 Å². The summed E-state index contributed by atoms with van der Waals surface area (Å²) in [6.07, 6.45) is 1.02. The predicted octanol–water partition coefficient (Wildman–Crippen LogP) is 1.60. The molecule has 2 bridgehead atoms. The Morgan fingerprint density at radius 1 is 1.41 bits per heavy atom. The maximum absolute atomic E-state index is 12.6. The fraction of sp³-hybridized carbons (Fsp3) is 0.875. The molecule has 0 radical (unpaired) electrons. The van der Waals surface area contributed by atoms with E-state index in [2.05, 4.69) is 6.92 Å². The van der Waals surface area contributed by atoms with Crippen molar-refractivity contribution in [3.63, 3.8) is 0 Å². The third kappa shape index (κ3) is 1.97. The number of ether oxygens (including phenoxy) is 4. The van der Waals surface area contributed by atoms with Crippen LogP contribution in [0.2, 0.25) is 0 Å². The highest BCUT2D eigenvalue weighted by molar-refractivity contribution is 6.08. The molecule has 3 rings (SSSR count). The summed E-state index contributed by atoms with van der Waals surface area (Å²) >= 11 is 0. The van der Waals surface area contributed by atoms with Crippen LogP contribution in [0.4, 0.5) is 0 Å². The topological polar surface area (TPSA) is 71.1 Å². The van der Waals surface area contributed by atoms with E-state index in [1.807, 2.05) is 13.8 Å². The molecule has 1 spiro atoms. The normalized spacial score (nSPS) is 42.1. The molecule has 6 nitrogen and oxygen atoms in total. The van der Waals surface area contributed by atoms with Gasteiger partial charge in [0.05, 0.1) is 6.61 Å². The van der Waals surface area contributed by atoms with Crippen LogP contribution in [0.3, 0.4) is 0 Å². The molecular weight excluding hydrogens is 288 g/mol. The first-order valence-electron chi connectivity index (χ1n) is 7.96. The molecule has 0 aromatic carbocycles. The molecule has 6 heteroatoms. The Labute approximate surface area is 130 Å². The molecule has 0 aromatic rings. The number of esters is 1. The zero-order chi connectivity index (χ0) is 16.2. The summed E-state index contributed by atoms with van der Waals surface area (Å²) in [6.45, 7) is 8.23. The van der Waals surface area contributed by atoms with E-state index in [4.69, 9.17) is 18.9 Å². The number of Topliss-reactive ketones (excluding diaryl/α,β-unsaturated/α-hetero) is 1. The summed E-state index contributed by atoms with van der Waals surface area (Å²) in [7, 11) is 0. The summed E-state index contributed by atoms with van der Waals surface area (Å²) in [5.74, 6) is -2.08. The van der Waals surface area contributed by atoms with E-state index in [0.29, 0.717) is 19.6 Å². The fourth-order valence-electron chi connectivity index (χ4n) is 3.69. The quantitative estimate of drug-likeness (QED) is 0.436. The Bertz CT molecular complexity index is 501. The molecule has 4 atom stereocenters. The van der Waals surface area contributed by atoms with E-state index in [9.17, 15) is 9.59 Å². The van der Waals surface area contributed by atoms with Gasteiger partial charge in [0, 0.05) is 18.4 Å². The molecule has 0 aliphatic carbocycles. The van der Waals surface area contributed by atoms with Gasteiger partial charge in [0.15, 0.2) is 11.9 Å². The van der Waals surface area contributed by atoms with Gasteiger partial charge < -0.3 is 18.9 Å². The third-order valence-corrected chi connectivity index (χ3v) is 4.92. The lowest BCUT2D eigenvalue weighted by molar-refractivity contribution is -0.293. The number of hydrogen-bond donors (Lipinski definition) is 0. The first kappa shape index (κ1) is 15.9. The monoisotopic (exact) mass is 312 g/mol. The first-order chi connectivity index (χ1) is 10.3. The van der Waals surface area contributed by atoms with Crippen molar-refractivity contribution in [3.8, 4) is 0 Å². The van der Waals surface area contributed by atoms with E-state index >= 15 is 0 Å². The lowest BCUT2D eigenvalue weighted by atomic mass is 9.84. The van der Waals surface area contributed by atoms with Gasteiger partial charge >= 0.3 is 5.97 Å². The number of carbonyl (C=O) groups is 2. The van der Waals surface area contributed by atoms with Crippen LogP contribution in [0.15, 0.2) is 0 Å². The third-order valence-electron chi connectivity index (χ3n) is 4.92. The van der Waals surface area contributed by atoms with Gasteiger partial charge in [-0.3, -0.25) is 4.79 Å². The maximum Gasteiger partial charge on any atom is 0.349 e. The number of ketones is 1. The second kappa shape index (κ2) is 5.01. The second-order valence-electron chi connectivity index (χ2n) is 7.19. The highest BCUT2D eigenvalue weighted by Gasteiger charge is 2.76. The van der Waals surface area contributed by atoms with Crippen LogP contribution in [-0.4, -0.2) is 48.6 Å². The summed E-state index contributed by atoms with van der Waals surface area (Å²) in [5.41, 5.74) is -2.03. The molecule has 124 valence electrons. The number of rotatable bonds is 5. The van der Waals surface area contributed by atoms with Crippen LogP contribution in [0.25, 0.3) is 0 Å². The molecule has 3 aliphatic heterocycles. The average Bonchev–Trinajstić information content (AvgIpc) is 2.87. The molecule has 0 N–H and O–H groups in total. The average molecular weight is 312 g/mol. The molecule has 0 aromatic heterocycles. The summed E-state index contributed by atoms with van der Waals surface area (Å²) in [6, 6.07) is 0. The summed E-state index contributed by atoms with van der Waals surface area (Å²) < 4.78 is 23.3. The number of fused-ring (bicyclic) bond motifs is 1. The van der Waals surface area contributed by atoms with E-state index in [-0.39, 0.29) is 11.2 Å². The molecule has 22 heavy (non-hydrogen) atoms. The van der Waals surface area contributed by atoms with Gasteiger partial charge in [-0.05, 0) is 13.3 Å². The highest BCUT2D eigenvalue weighted by atomic mass is 16.8. The van der Waals surface area contributed by atoms with Gasteiger partial charge in [0.2, 0.25) is 5.79 Å². The van der Waals surface area contributed by atoms with E-state index < -0.39 is 29.6 Å². The number of hydrogen-bond acceptors (Lipinski definition) is 6. The number of carbonyl (C=O) groups excluding carboxylic acids is 2. The van der Waals surface area contributed by atoms with Crippen molar-refractivity contribution in [1.29, 1.82) is 0 Å². The van der Waals surface area contributed by atoms with Gasteiger partial charge in [-0.1, -0.05) is 27.2 Å². The Hall–Kier alpha value is -0.980. The van der Waals surface area contributed by atoms with Crippen molar-refractivity contribution >= 4 is 11.8 Å². The van der Waals surface area contributed by atoms with Gasteiger partial charge in [-0.25, -0.2) is 4.79 Å². The zero-order valence-electron chi connectivity index (χ0n) is 13.6. The standard InChI is InChI=1S/C16H24O6/c1-5-6-7-19-11-8-15-12(14(3,4)9-20-15)21-13(18)16(11,22-15)10(2)17/h11-12H,5-9H2,1-4H3/t11?,12-,15-,16+/m1/s1. The van der Waals surface area contributed by atoms with Crippen molar-refractivity contribution in [1.82, 2.24) is 0 Å². The van der Waals surface area contributed by atoms with Gasteiger partial charge in [-0.2, -0.15) is 0 Å². The van der Waals surface area contributed by atoms with Crippen LogP contribution in [0, 0.1) is 5.41 Å². The van der Waals surface area contributed by atoms with Crippen molar-refractivity contribution in [3.05, 3.63) is 0 Å². The largest absolute Gasteiger partial charge is 0.453 e. The van der Waals surface area contributed by atoms with E-state index in [1.165, 1.54) is 6.92 Å². The van der Waals surface area contributed by atoms with Gasteiger partial charge in [-0.15, -0.1) is 0 Å². The molecular formula is C16H24O6. The van der Waals surface area contributed by atoms with Gasteiger partial charge in [0.1, 0.15) is 6.10 Å². The lowest BCUT2D eigenvalue weighted by Gasteiger charge is -2.41. The van der Waals surface area contributed by atoms with Crippen molar-refractivity contribution in [2.75, 3.05) is 13.2 Å². The first-order valence-corrected chi connectivity index (χ1v) is 7.96. The molecule has 3 saturated heterocycles. The smallest absolute Gasteiger partial charge is 0.349 e. The van der Waals surface area contributed by atoms with Crippen molar-refractivity contribution < 1.29 is 28.5 Å². The predicted molar refractivity (Wildman–Crippen MR) is 76.1 cm³/mol. The highest BCUT2D eigenvalue weighted by Crippen LogP contribution is 2.56. The minimum atomic E-state index is -1.68. The second-order valence-corrected chi connectivity index (χ2v) is 7.19. The van der Waals surface area contributed by atoms with E-state index in [0.717, 1.165) is 12.8 Å². The van der Waals surface area contributed by atoms with Crippen LogP contribution < -0.4 is 0 Å². The minimum Gasteiger partial charge on any atom is -0.453 e. The van der Waals surface area contributed by atoms with Crippen LogP contribution in [-0.2, 0) is 28.5 Å². The molecule has 3 fully saturated rings. The Balaban J connectivity index is 1.94. The van der Waals surface area contributed by atoms with Crippen molar-refractivity contribution in [2.45, 2.75) is 70.6 Å². The summed E-state index contributed by atoms with van der Waals surface area (Å²) in [5, 5.41) is 0. The lowest BCUT2D eigenvalue weighted by Crippen LogP contribution is -2.62. The van der Waals surface area contributed by atoms with E-state index in [1.54, 1.807) is 0 Å². The Kier molecular flexibility index (Phi) is 3.62. The molecule has 3 aliphatic rings. The Morgan fingerprint density at radius 3 is 2.77 bits per heavy atom. The van der Waals surface area contributed by atoms with Crippen molar-refractivity contribution in [2.24, 2.45) is 5.41 Å². The SMILES string of the molecule is CCCCOC1C[C@]23OCC(C)(C)[C@H]2OC(=O)[C@@]1(C(C)=O)O3. The zero-order valence-corrected chi connectivity index (χ0v) is 13.6. The molecule has 3 heterocycles. The molecule has 1 unspecified atom stereocenters.